The van der Waals surface area contributed by atoms with Crippen LogP contribution in [0.2, 0.25) is 0 Å². The van der Waals surface area contributed by atoms with Gasteiger partial charge in [-0.25, -0.2) is 18.4 Å². The van der Waals surface area contributed by atoms with Gasteiger partial charge < -0.3 is 15.4 Å². The average Bonchev–Trinajstić information content (AvgIpc) is 2.83. The number of aromatic amines is 1. The van der Waals surface area contributed by atoms with Crippen molar-refractivity contribution < 1.29 is 13.5 Å². The third kappa shape index (κ3) is 2.61. The number of anilines is 1. The van der Waals surface area contributed by atoms with E-state index < -0.39 is 15.4 Å². The zero-order chi connectivity index (χ0) is 14.2. The number of rotatable bonds is 3. The molecule has 3 heterocycles. The Morgan fingerprint density at radius 2 is 2.30 bits per heavy atom. The van der Waals surface area contributed by atoms with Gasteiger partial charge in [0.2, 0.25) is 0 Å². The van der Waals surface area contributed by atoms with Gasteiger partial charge in [-0.1, -0.05) is 0 Å². The van der Waals surface area contributed by atoms with Gasteiger partial charge in [0.1, 0.15) is 17.8 Å². The van der Waals surface area contributed by atoms with Crippen molar-refractivity contribution in [3.8, 4) is 0 Å². The van der Waals surface area contributed by atoms with Crippen molar-refractivity contribution in [2.45, 2.75) is 18.4 Å². The molecule has 0 unspecified atom stereocenters. The highest BCUT2D eigenvalue weighted by Gasteiger charge is 2.37. The third-order valence-corrected chi connectivity index (χ3v) is 5.41. The molecule has 0 bridgehead atoms. The summed E-state index contributed by atoms with van der Waals surface area (Å²) in [6, 6.07) is 1.83. The standard InChI is InChI=1S/C12H16N4O3S/c17-12(3-1-5-20(18,19)7-12)6-14-11-9-2-4-13-10(9)15-8-16-11/h2,4,8,17H,1,3,5-7H2,(H2,13,14,15,16)/t12-/m1/s1. The maximum Gasteiger partial charge on any atom is 0.153 e. The Bertz CT molecular complexity index is 727. The molecule has 1 aliphatic heterocycles. The molecule has 0 spiro atoms. The molecule has 20 heavy (non-hydrogen) atoms. The summed E-state index contributed by atoms with van der Waals surface area (Å²) in [5.74, 6) is 0.548. The SMILES string of the molecule is O=S1(=O)CCC[C@@](O)(CNc2ncnc3[nH]ccc23)C1. The Kier molecular flexibility index (Phi) is 3.14. The number of hydrogen-bond donors (Lipinski definition) is 3. The highest BCUT2D eigenvalue weighted by atomic mass is 32.2. The summed E-state index contributed by atoms with van der Waals surface area (Å²) in [7, 11) is -3.16. The molecule has 2 aromatic rings. The number of aliphatic hydroxyl groups is 1. The van der Waals surface area contributed by atoms with Crippen LogP contribution in [0, 0.1) is 0 Å². The average molecular weight is 296 g/mol. The van der Waals surface area contributed by atoms with Crippen LogP contribution in [0.5, 0.6) is 0 Å². The predicted octanol–water partition coefficient (Wildman–Crippen LogP) is 0.309. The minimum absolute atomic E-state index is 0.156. The van der Waals surface area contributed by atoms with Gasteiger partial charge in [0, 0.05) is 12.7 Å². The molecule has 3 N–H and O–H groups in total. The first-order valence-electron chi connectivity index (χ1n) is 6.42. The molecule has 1 fully saturated rings. The highest BCUT2D eigenvalue weighted by molar-refractivity contribution is 7.91. The molecule has 0 aromatic carbocycles. The fraction of sp³-hybridized carbons (Fsp3) is 0.500. The lowest BCUT2D eigenvalue weighted by Gasteiger charge is -2.32. The van der Waals surface area contributed by atoms with Crippen molar-refractivity contribution in [3.05, 3.63) is 18.6 Å². The molecule has 1 saturated heterocycles. The molecule has 1 aliphatic rings. The van der Waals surface area contributed by atoms with Crippen LogP contribution in [0.4, 0.5) is 5.82 Å². The van der Waals surface area contributed by atoms with E-state index in [-0.39, 0.29) is 18.1 Å². The maximum atomic E-state index is 11.6. The number of sulfone groups is 1. The van der Waals surface area contributed by atoms with E-state index in [0.717, 1.165) is 5.39 Å². The Morgan fingerprint density at radius 1 is 1.45 bits per heavy atom. The summed E-state index contributed by atoms with van der Waals surface area (Å²) in [6.45, 7) is 0.156. The molecule has 8 heteroatoms. The number of nitrogens with zero attached hydrogens (tertiary/aromatic N) is 2. The fourth-order valence-corrected chi connectivity index (χ4v) is 4.37. The third-order valence-electron chi connectivity index (χ3n) is 3.52. The van der Waals surface area contributed by atoms with Crippen molar-refractivity contribution in [1.29, 1.82) is 0 Å². The first-order chi connectivity index (χ1) is 9.48. The molecule has 1 atom stereocenters. The van der Waals surface area contributed by atoms with E-state index in [1.165, 1.54) is 6.33 Å². The number of nitrogens with one attached hydrogen (secondary N) is 2. The van der Waals surface area contributed by atoms with Gasteiger partial charge in [0.15, 0.2) is 9.84 Å². The van der Waals surface area contributed by atoms with Crippen LogP contribution < -0.4 is 5.32 Å². The van der Waals surface area contributed by atoms with Gasteiger partial charge >= 0.3 is 0 Å². The zero-order valence-corrected chi connectivity index (χ0v) is 11.7. The van der Waals surface area contributed by atoms with Gasteiger partial charge in [-0.3, -0.25) is 0 Å². The van der Waals surface area contributed by atoms with Crippen LogP contribution in [-0.4, -0.2) is 52.1 Å². The minimum Gasteiger partial charge on any atom is -0.387 e. The Labute approximate surface area is 116 Å². The van der Waals surface area contributed by atoms with E-state index in [1.54, 1.807) is 6.20 Å². The second-order valence-electron chi connectivity index (χ2n) is 5.24. The van der Waals surface area contributed by atoms with Crippen LogP contribution in [0.25, 0.3) is 11.0 Å². The van der Waals surface area contributed by atoms with Gasteiger partial charge in [-0.05, 0) is 18.9 Å². The van der Waals surface area contributed by atoms with E-state index in [0.29, 0.717) is 24.3 Å². The molecule has 108 valence electrons. The lowest BCUT2D eigenvalue weighted by Crippen LogP contribution is -2.47. The van der Waals surface area contributed by atoms with Crippen molar-refractivity contribution in [3.63, 3.8) is 0 Å². The smallest absolute Gasteiger partial charge is 0.153 e. The fourth-order valence-electron chi connectivity index (χ4n) is 2.58. The van der Waals surface area contributed by atoms with Crippen molar-refractivity contribution >= 4 is 26.7 Å². The summed E-state index contributed by atoms with van der Waals surface area (Å²) >= 11 is 0. The molecule has 7 nitrogen and oxygen atoms in total. The van der Waals surface area contributed by atoms with Crippen molar-refractivity contribution in [1.82, 2.24) is 15.0 Å². The van der Waals surface area contributed by atoms with Crippen LogP contribution in [0.15, 0.2) is 18.6 Å². The number of fused-ring (bicyclic) bond motifs is 1. The van der Waals surface area contributed by atoms with E-state index in [4.69, 9.17) is 0 Å². The van der Waals surface area contributed by atoms with Gasteiger partial charge in [-0.15, -0.1) is 0 Å². The molecule has 0 radical (unpaired) electrons. The van der Waals surface area contributed by atoms with Crippen LogP contribution >= 0.6 is 0 Å². The second kappa shape index (κ2) is 4.71. The first kappa shape index (κ1) is 13.3. The molecule has 0 amide bonds. The second-order valence-corrected chi connectivity index (χ2v) is 7.42. The highest BCUT2D eigenvalue weighted by Crippen LogP contribution is 2.24. The minimum atomic E-state index is -3.16. The summed E-state index contributed by atoms with van der Waals surface area (Å²) in [5, 5.41) is 14.2. The molecule has 2 aromatic heterocycles. The van der Waals surface area contributed by atoms with E-state index in [1.807, 2.05) is 6.07 Å². The topological polar surface area (TPSA) is 108 Å². The Hall–Kier alpha value is -1.67. The summed E-state index contributed by atoms with van der Waals surface area (Å²) in [6.07, 6.45) is 4.14. The van der Waals surface area contributed by atoms with E-state index in [9.17, 15) is 13.5 Å². The van der Waals surface area contributed by atoms with Crippen LogP contribution in [-0.2, 0) is 9.84 Å². The normalized spacial score (nSPS) is 25.6. The summed E-state index contributed by atoms with van der Waals surface area (Å²) in [4.78, 5) is 11.2. The molecular weight excluding hydrogens is 280 g/mol. The van der Waals surface area contributed by atoms with Gasteiger partial charge in [0.05, 0.1) is 22.5 Å². The number of aromatic nitrogens is 3. The van der Waals surface area contributed by atoms with Crippen LogP contribution in [0.1, 0.15) is 12.8 Å². The van der Waals surface area contributed by atoms with Gasteiger partial charge in [0.25, 0.3) is 0 Å². The molecule has 0 saturated carbocycles. The largest absolute Gasteiger partial charge is 0.387 e. The van der Waals surface area contributed by atoms with E-state index in [2.05, 4.69) is 20.3 Å². The van der Waals surface area contributed by atoms with Crippen molar-refractivity contribution in [2.24, 2.45) is 0 Å². The van der Waals surface area contributed by atoms with Crippen molar-refractivity contribution in [2.75, 3.05) is 23.4 Å². The van der Waals surface area contributed by atoms with Gasteiger partial charge in [-0.2, -0.15) is 0 Å². The summed E-state index contributed by atoms with van der Waals surface area (Å²) in [5.41, 5.74) is -0.532. The first-order valence-corrected chi connectivity index (χ1v) is 8.24. The summed E-state index contributed by atoms with van der Waals surface area (Å²) < 4.78 is 23.3. The lowest BCUT2D eigenvalue weighted by molar-refractivity contribution is 0.0632. The Morgan fingerprint density at radius 3 is 3.10 bits per heavy atom. The number of hydrogen-bond acceptors (Lipinski definition) is 6. The quantitative estimate of drug-likeness (QED) is 0.752. The van der Waals surface area contributed by atoms with E-state index >= 15 is 0 Å². The maximum absolute atomic E-state index is 11.6. The predicted molar refractivity (Wildman–Crippen MR) is 75.2 cm³/mol. The lowest BCUT2D eigenvalue weighted by atomic mass is 10.00. The Balaban J connectivity index is 1.77. The monoisotopic (exact) mass is 296 g/mol. The number of H-pyrrole nitrogens is 1. The zero-order valence-electron chi connectivity index (χ0n) is 10.8. The molecular formula is C12H16N4O3S. The van der Waals surface area contributed by atoms with Crippen LogP contribution in [0.3, 0.4) is 0 Å². The molecule has 0 aliphatic carbocycles. The molecule has 3 rings (SSSR count).